The van der Waals surface area contributed by atoms with Gasteiger partial charge in [-0.3, -0.25) is 0 Å². The predicted octanol–water partition coefficient (Wildman–Crippen LogP) is 9.42. The molecule has 8 aromatic rings. The lowest BCUT2D eigenvalue weighted by molar-refractivity contribution is 0.130. The summed E-state index contributed by atoms with van der Waals surface area (Å²) in [6.45, 7) is 15.9. The molecule has 2 saturated heterocycles. The van der Waals surface area contributed by atoms with E-state index in [4.69, 9.17) is 23.5 Å². The second kappa shape index (κ2) is 20.2. The van der Waals surface area contributed by atoms with Crippen LogP contribution in [0.4, 0.5) is 12.0 Å². The standard InChI is InChI=1S/C23H28N6O4S2.C23H28N6O2S2/c1-14(2)20-25-21(33-27-20)28-11-9-16(10-12-28)15(3)32-23-26-29-13-19(24-22(29)34-23)17-5-7-18(8-6-17)35(4,30)31;1-14(2)20-25-21(31-27-20)28-11-9-16(10-12-28)15(3)30-23-26-29-13-19(24-22(29)33-23)17-5-7-18(32-4)8-6-17/h5-8,13-16H,9-12H2,1-4H3;5-8,13-16H,9-12H2,1-4H3/t2*15-/m00/s1. The highest BCUT2D eigenvalue weighted by Crippen LogP contribution is 2.33. The van der Waals surface area contributed by atoms with Crippen LogP contribution in [-0.2, 0) is 9.84 Å². The third-order valence-electron chi connectivity index (χ3n) is 12.4. The topological polar surface area (TPSA) is 197 Å². The number of hydrogen-bond donors (Lipinski definition) is 0. The number of imidazole rings is 2. The summed E-state index contributed by atoms with van der Waals surface area (Å²) in [6, 6.07) is 16.4. The first kappa shape index (κ1) is 47.5. The fourth-order valence-electron chi connectivity index (χ4n) is 8.18. The number of nitrogens with zero attached hydrogens (tertiary/aromatic N) is 12. The summed E-state index contributed by atoms with van der Waals surface area (Å²) in [5.41, 5.74) is 3.58. The fraction of sp³-hybridized carbons (Fsp3) is 0.478. The summed E-state index contributed by atoms with van der Waals surface area (Å²) >= 11 is 4.61. The van der Waals surface area contributed by atoms with Gasteiger partial charge in [0.15, 0.2) is 21.5 Å². The average Bonchev–Trinajstić information content (AvgIpc) is 4.20. The van der Waals surface area contributed by atoms with Crippen molar-refractivity contribution >= 4 is 66.2 Å². The Morgan fingerprint density at radius 3 is 1.40 bits per heavy atom. The molecule has 2 aliphatic heterocycles. The van der Waals surface area contributed by atoms with E-state index in [2.05, 4.69) is 117 Å². The third-order valence-corrected chi connectivity index (χ3v) is 15.9. The van der Waals surface area contributed by atoms with Gasteiger partial charge in [0, 0.05) is 60.3 Å². The van der Waals surface area contributed by atoms with Gasteiger partial charge < -0.3 is 28.3 Å². The number of hydrogen-bond acceptors (Lipinski definition) is 19. The number of piperidine rings is 2. The van der Waals surface area contributed by atoms with Crippen molar-refractivity contribution < 1.29 is 26.9 Å². The van der Waals surface area contributed by atoms with E-state index >= 15 is 0 Å². The molecule has 0 unspecified atom stereocenters. The van der Waals surface area contributed by atoms with E-state index in [1.165, 1.54) is 33.8 Å². The zero-order valence-corrected chi connectivity index (χ0v) is 42.6. The zero-order valence-electron chi connectivity index (χ0n) is 39.3. The van der Waals surface area contributed by atoms with Crippen LogP contribution in [0.2, 0.25) is 0 Å². The van der Waals surface area contributed by atoms with Gasteiger partial charge in [0.25, 0.3) is 10.4 Å². The van der Waals surface area contributed by atoms with E-state index in [1.807, 2.05) is 16.9 Å². The molecule has 0 radical (unpaired) electrons. The Bertz CT molecular complexity index is 2970. The van der Waals surface area contributed by atoms with Gasteiger partial charge in [-0.1, -0.05) is 62.3 Å². The molecule has 2 fully saturated rings. The molecule has 0 N–H and O–H groups in total. The monoisotopic (exact) mass is 1000 g/mol. The summed E-state index contributed by atoms with van der Waals surface area (Å²) in [7, 11) is -3.23. The van der Waals surface area contributed by atoms with Crippen LogP contribution in [0, 0.1) is 11.8 Å². The Balaban J connectivity index is 0.000000170. The zero-order chi connectivity index (χ0) is 47.7. The average molecular weight is 1000 g/mol. The minimum absolute atomic E-state index is 0.0184. The van der Waals surface area contributed by atoms with Gasteiger partial charge in [0.1, 0.15) is 12.2 Å². The van der Waals surface area contributed by atoms with Crippen molar-refractivity contribution in [3.05, 3.63) is 72.6 Å². The van der Waals surface area contributed by atoms with Crippen LogP contribution in [0.3, 0.4) is 0 Å². The lowest BCUT2D eigenvalue weighted by atomic mass is 9.92. The highest BCUT2D eigenvalue weighted by Gasteiger charge is 2.30. The van der Waals surface area contributed by atoms with Gasteiger partial charge in [-0.2, -0.15) is 9.97 Å². The van der Waals surface area contributed by atoms with Crippen molar-refractivity contribution in [1.29, 1.82) is 0 Å². The number of anilines is 2. The number of fused-ring (bicyclic) bond motifs is 2. The third kappa shape index (κ3) is 10.8. The molecule has 0 amide bonds. The van der Waals surface area contributed by atoms with Gasteiger partial charge in [-0.05, 0) is 105 Å². The first-order valence-electron chi connectivity index (χ1n) is 22.8. The lowest BCUT2D eigenvalue weighted by Crippen LogP contribution is -2.38. The normalized spacial score (nSPS) is 16.2. The summed E-state index contributed by atoms with van der Waals surface area (Å²) < 4.78 is 50.1. The minimum atomic E-state index is -3.23. The SMILES string of the molecule is CC(C)c1noc(N2CCC([C@H](C)Oc3nn4cc(-c5ccc(S(C)(=O)=O)cc5)nc4s3)CC2)n1.CSc1ccc(-c2cn3nc(O[C@@H](C)C4CCN(c5nc(C(C)C)no5)CC4)sc3n2)cc1. The molecular weight excluding hydrogens is 945 g/mol. The Morgan fingerprint density at radius 1 is 0.632 bits per heavy atom. The van der Waals surface area contributed by atoms with Gasteiger partial charge >= 0.3 is 12.0 Å². The molecule has 18 nitrogen and oxygen atoms in total. The van der Waals surface area contributed by atoms with E-state index < -0.39 is 9.84 Å². The van der Waals surface area contributed by atoms with Gasteiger partial charge in [-0.25, -0.2) is 27.4 Å². The molecule has 8 heterocycles. The van der Waals surface area contributed by atoms with Crippen LogP contribution >= 0.6 is 34.4 Å². The second-order valence-corrected chi connectivity index (χ2v) is 22.7. The van der Waals surface area contributed by atoms with E-state index in [9.17, 15) is 8.42 Å². The number of ether oxygens (including phenoxy) is 2. The number of aromatic nitrogens is 10. The van der Waals surface area contributed by atoms with Crippen LogP contribution in [0.15, 0.2) is 79.8 Å². The van der Waals surface area contributed by atoms with Gasteiger partial charge in [0.05, 0.1) is 28.7 Å². The van der Waals surface area contributed by atoms with Crippen molar-refractivity contribution in [2.24, 2.45) is 11.8 Å². The van der Waals surface area contributed by atoms with Crippen molar-refractivity contribution in [2.45, 2.75) is 101 Å². The molecule has 2 atom stereocenters. The Labute approximate surface area is 407 Å². The minimum Gasteiger partial charge on any atom is -0.466 e. The predicted molar refractivity (Wildman–Crippen MR) is 264 cm³/mol. The largest absolute Gasteiger partial charge is 0.466 e. The molecule has 0 bridgehead atoms. The van der Waals surface area contributed by atoms with E-state index in [0.717, 1.165) is 95.9 Å². The fourth-order valence-corrected chi connectivity index (χ4v) is 10.9. The summed E-state index contributed by atoms with van der Waals surface area (Å²) in [6.07, 6.45) is 11.1. The molecule has 0 spiro atoms. The van der Waals surface area contributed by atoms with Crippen molar-refractivity contribution in [3.8, 4) is 32.9 Å². The van der Waals surface area contributed by atoms with Crippen molar-refractivity contribution in [2.75, 3.05) is 48.5 Å². The Hall–Kier alpha value is -5.58. The van der Waals surface area contributed by atoms with Crippen LogP contribution < -0.4 is 19.3 Å². The molecule has 2 aliphatic rings. The number of benzene rings is 2. The number of rotatable bonds is 14. The quantitative estimate of drug-likeness (QED) is 0.0933. The Kier molecular flexibility index (Phi) is 14.1. The smallest absolute Gasteiger partial charge is 0.324 e. The van der Waals surface area contributed by atoms with E-state index in [0.29, 0.717) is 34.3 Å². The lowest BCUT2D eigenvalue weighted by Gasteiger charge is -2.33. The highest BCUT2D eigenvalue weighted by molar-refractivity contribution is 7.98. The van der Waals surface area contributed by atoms with Crippen LogP contribution in [0.25, 0.3) is 32.4 Å². The van der Waals surface area contributed by atoms with E-state index in [-0.39, 0.29) is 28.9 Å². The number of thioether (sulfide) groups is 1. The van der Waals surface area contributed by atoms with Crippen LogP contribution in [-0.4, -0.2) is 109 Å². The maximum atomic E-state index is 11.7. The van der Waals surface area contributed by atoms with Gasteiger partial charge in [0.2, 0.25) is 9.92 Å². The molecule has 2 aromatic carbocycles. The molecule has 0 saturated carbocycles. The molecule has 22 heteroatoms. The Morgan fingerprint density at radius 2 is 1.04 bits per heavy atom. The molecule has 6 aromatic heterocycles. The molecule has 360 valence electrons. The maximum absolute atomic E-state index is 11.7. The van der Waals surface area contributed by atoms with Crippen molar-refractivity contribution in [1.82, 2.24) is 49.5 Å². The maximum Gasteiger partial charge on any atom is 0.324 e. The summed E-state index contributed by atoms with van der Waals surface area (Å²) in [5.74, 6) is 2.87. The first-order chi connectivity index (χ1) is 32.7. The molecule has 10 rings (SSSR count). The molecule has 68 heavy (non-hydrogen) atoms. The van der Waals surface area contributed by atoms with Crippen LogP contribution in [0.1, 0.15) is 90.7 Å². The highest BCUT2D eigenvalue weighted by atomic mass is 32.2. The number of sulfone groups is 1. The first-order valence-corrected chi connectivity index (χ1v) is 27.6. The molecular formula is C46H56N12O6S4. The van der Waals surface area contributed by atoms with E-state index in [1.54, 1.807) is 40.5 Å². The van der Waals surface area contributed by atoms with Crippen molar-refractivity contribution in [3.63, 3.8) is 0 Å². The van der Waals surface area contributed by atoms with Crippen LogP contribution in [0.5, 0.6) is 10.4 Å². The van der Waals surface area contributed by atoms with Gasteiger partial charge in [-0.15, -0.1) is 22.0 Å². The molecule has 0 aliphatic carbocycles. The second-order valence-electron chi connectivity index (χ2n) is 17.9. The summed E-state index contributed by atoms with van der Waals surface area (Å²) in [5, 5.41) is 18.5. The summed E-state index contributed by atoms with van der Waals surface area (Å²) in [4.78, 5) is 25.8.